The minimum Gasteiger partial charge on any atom is -0.481 e. The van der Waals surface area contributed by atoms with Crippen molar-refractivity contribution >= 4 is 23.6 Å². The second kappa shape index (κ2) is 6.96. The van der Waals surface area contributed by atoms with Crippen LogP contribution >= 0.6 is 11.8 Å². The van der Waals surface area contributed by atoms with E-state index >= 15 is 0 Å². The van der Waals surface area contributed by atoms with Gasteiger partial charge in [-0.25, -0.2) is 0 Å². The zero-order valence-corrected chi connectivity index (χ0v) is 10.4. The van der Waals surface area contributed by atoms with Gasteiger partial charge in [-0.15, -0.1) is 11.8 Å². The molecule has 0 saturated carbocycles. The summed E-state index contributed by atoms with van der Waals surface area (Å²) in [6.07, 6.45) is -0.0723. The highest BCUT2D eigenvalue weighted by Crippen LogP contribution is 2.18. The Bertz CT molecular complexity index is 365. The normalized spacial score (nSPS) is 11.8. The number of nitrogens with one attached hydrogen (secondary N) is 1. The molecule has 0 spiro atoms. The predicted octanol–water partition coefficient (Wildman–Crippen LogP) is 1.86. The Kier molecular flexibility index (Phi) is 5.56. The fraction of sp³-hybridized carbons (Fsp3) is 0.333. The number of benzene rings is 1. The second-order valence-electron chi connectivity index (χ2n) is 3.58. The first-order valence-corrected chi connectivity index (χ1v) is 6.27. The number of hydrogen-bond donors (Lipinski definition) is 2. The van der Waals surface area contributed by atoms with E-state index in [0.717, 1.165) is 5.56 Å². The van der Waals surface area contributed by atoms with Crippen molar-refractivity contribution in [2.75, 3.05) is 0 Å². The Morgan fingerprint density at radius 3 is 2.53 bits per heavy atom. The van der Waals surface area contributed by atoms with Gasteiger partial charge in [0.1, 0.15) is 0 Å². The molecule has 0 aliphatic rings. The van der Waals surface area contributed by atoms with Crippen LogP contribution in [0.4, 0.5) is 0 Å². The maximum Gasteiger partial charge on any atom is 0.306 e. The van der Waals surface area contributed by atoms with Gasteiger partial charge in [0.2, 0.25) is 5.91 Å². The van der Waals surface area contributed by atoms with Gasteiger partial charge in [-0.05, 0) is 5.56 Å². The quantitative estimate of drug-likeness (QED) is 0.759. The van der Waals surface area contributed by atoms with Crippen LogP contribution in [0.25, 0.3) is 0 Å². The van der Waals surface area contributed by atoms with Crippen LogP contribution in [0.15, 0.2) is 30.3 Å². The monoisotopic (exact) mass is 253 g/mol. The molecule has 2 N–H and O–H groups in total. The molecule has 1 rings (SSSR count). The molecule has 1 aromatic rings. The van der Waals surface area contributed by atoms with Crippen molar-refractivity contribution in [3.8, 4) is 0 Å². The van der Waals surface area contributed by atoms with Crippen LogP contribution in [0.3, 0.4) is 0 Å². The molecule has 0 radical (unpaired) electrons. The maximum atomic E-state index is 10.9. The van der Waals surface area contributed by atoms with Crippen molar-refractivity contribution < 1.29 is 14.7 Å². The number of rotatable bonds is 6. The molecular formula is C12H15NO3S. The average molecular weight is 253 g/mol. The Labute approximate surface area is 104 Å². The zero-order chi connectivity index (χ0) is 12.7. The number of carboxylic acids is 1. The van der Waals surface area contributed by atoms with Gasteiger partial charge in [0.15, 0.2) is 0 Å². The Balaban J connectivity index is 2.48. The van der Waals surface area contributed by atoms with Crippen molar-refractivity contribution in [1.82, 2.24) is 5.32 Å². The summed E-state index contributed by atoms with van der Waals surface area (Å²) in [7, 11) is 0. The van der Waals surface area contributed by atoms with Crippen molar-refractivity contribution in [1.29, 1.82) is 0 Å². The summed E-state index contributed by atoms with van der Waals surface area (Å²) in [5.41, 5.74) is 1.11. The standard InChI is InChI=1S/C12H15NO3S/c1-9(14)13-11(7-12(15)16)17-8-10-5-3-2-4-6-10/h2-6,11H,7-8H2,1H3,(H,13,14)(H,15,16). The number of thioether (sulfide) groups is 1. The molecule has 4 nitrogen and oxygen atoms in total. The van der Waals surface area contributed by atoms with E-state index in [2.05, 4.69) is 5.32 Å². The van der Waals surface area contributed by atoms with Gasteiger partial charge < -0.3 is 10.4 Å². The van der Waals surface area contributed by atoms with Gasteiger partial charge in [-0.2, -0.15) is 0 Å². The number of aliphatic carboxylic acids is 1. The molecule has 0 bridgehead atoms. The van der Waals surface area contributed by atoms with Crippen molar-refractivity contribution in [2.24, 2.45) is 0 Å². The third-order valence-electron chi connectivity index (χ3n) is 2.02. The summed E-state index contributed by atoms with van der Waals surface area (Å²) >= 11 is 1.42. The summed E-state index contributed by atoms with van der Waals surface area (Å²) < 4.78 is 0. The van der Waals surface area contributed by atoms with Crippen LogP contribution in [0.1, 0.15) is 18.9 Å². The summed E-state index contributed by atoms with van der Waals surface area (Å²) in [5.74, 6) is -0.444. The van der Waals surface area contributed by atoms with Crippen LogP contribution in [-0.2, 0) is 15.3 Å². The Morgan fingerprint density at radius 2 is 2.00 bits per heavy atom. The van der Waals surface area contributed by atoms with Crippen molar-refractivity contribution in [3.63, 3.8) is 0 Å². The molecule has 1 unspecified atom stereocenters. The first-order chi connectivity index (χ1) is 8.08. The van der Waals surface area contributed by atoms with Crippen LogP contribution in [0, 0.1) is 0 Å². The molecule has 17 heavy (non-hydrogen) atoms. The van der Waals surface area contributed by atoms with Gasteiger partial charge >= 0.3 is 5.97 Å². The van der Waals surface area contributed by atoms with Gasteiger partial charge in [-0.1, -0.05) is 30.3 Å². The molecule has 92 valence electrons. The highest BCUT2D eigenvalue weighted by atomic mass is 32.2. The number of carbonyl (C=O) groups is 2. The van der Waals surface area contributed by atoms with Crippen LogP contribution < -0.4 is 5.32 Å². The molecule has 0 heterocycles. The third-order valence-corrected chi connectivity index (χ3v) is 3.21. The van der Waals surface area contributed by atoms with E-state index in [1.54, 1.807) is 0 Å². The fourth-order valence-corrected chi connectivity index (χ4v) is 2.40. The number of hydrogen-bond acceptors (Lipinski definition) is 3. The van der Waals surface area contributed by atoms with Crippen LogP contribution in [0.2, 0.25) is 0 Å². The molecule has 0 fully saturated rings. The fourth-order valence-electron chi connectivity index (χ4n) is 1.31. The Hall–Kier alpha value is -1.49. The third kappa shape index (κ3) is 5.97. The molecule has 5 heteroatoms. The van der Waals surface area contributed by atoms with E-state index in [9.17, 15) is 9.59 Å². The maximum absolute atomic E-state index is 10.9. The number of amides is 1. The van der Waals surface area contributed by atoms with E-state index in [4.69, 9.17) is 5.11 Å². The molecule has 0 aromatic heterocycles. The van der Waals surface area contributed by atoms with E-state index in [1.165, 1.54) is 18.7 Å². The van der Waals surface area contributed by atoms with E-state index in [0.29, 0.717) is 5.75 Å². The van der Waals surface area contributed by atoms with Crippen molar-refractivity contribution in [3.05, 3.63) is 35.9 Å². The molecular weight excluding hydrogens is 238 g/mol. The average Bonchev–Trinajstić information content (AvgIpc) is 2.26. The van der Waals surface area contributed by atoms with Gasteiger partial charge in [0.05, 0.1) is 11.8 Å². The molecule has 0 aliphatic heterocycles. The van der Waals surface area contributed by atoms with E-state index in [-0.39, 0.29) is 17.7 Å². The molecule has 0 aliphatic carbocycles. The number of carboxylic acid groups (broad SMARTS) is 1. The van der Waals surface area contributed by atoms with Gasteiger partial charge in [-0.3, -0.25) is 9.59 Å². The summed E-state index contributed by atoms with van der Waals surface area (Å²) in [6, 6.07) is 9.73. The lowest BCUT2D eigenvalue weighted by atomic mass is 10.2. The highest BCUT2D eigenvalue weighted by molar-refractivity contribution is 7.99. The molecule has 1 atom stereocenters. The van der Waals surface area contributed by atoms with E-state index < -0.39 is 5.97 Å². The molecule has 1 aromatic carbocycles. The lowest BCUT2D eigenvalue weighted by Crippen LogP contribution is -2.32. The van der Waals surface area contributed by atoms with Crippen LogP contribution in [-0.4, -0.2) is 22.4 Å². The lowest BCUT2D eigenvalue weighted by molar-refractivity contribution is -0.137. The van der Waals surface area contributed by atoms with Crippen LogP contribution in [0.5, 0.6) is 0 Å². The summed E-state index contributed by atoms with van der Waals surface area (Å²) in [5, 5.41) is 11.0. The first kappa shape index (κ1) is 13.6. The second-order valence-corrected chi connectivity index (χ2v) is 4.77. The molecule has 1 amide bonds. The summed E-state index contributed by atoms with van der Waals surface area (Å²) in [6.45, 7) is 1.39. The first-order valence-electron chi connectivity index (χ1n) is 5.22. The number of carbonyl (C=O) groups excluding carboxylic acids is 1. The topological polar surface area (TPSA) is 66.4 Å². The summed E-state index contributed by atoms with van der Waals surface area (Å²) in [4.78, 5) is 21.6. The minimum atomic E-state index is -0.913. The smallest absolute Gasteiger partial charge is 0.306 e. The lowest BCUT2D eigenvalue weighted by Gasteiger charge is -2.15. The highest BCUT2D eigenvalue weighted by Gasteiger charge is 2.14. The predicted molar refractivity (Wildman–Crippen MR) is 67.6 cm³/mol. The molecule has 0 saturated heterocycles. The minimum absolute atomic E-state index is 0.0723. The van der Waals surface area contributed by atoms with Gasteiger partial charge in [0.25, 0.3) is 0 Å². The van der Waals surface area contributed by atoms with Crippen molar-refractivity contribution in [2.45, 2.75) is 24.5 Å². The Morgan fingerprint density at radius 1 is 1.35 bits per heavy atom. The van der Waals surface area contributed by atoms with Gasteiger partial charge in [0, 0.05) is 12.7 Å². The SMILES string of the molecule is CC(=O)NC(CC(=O)O)SCc1ccccc1. The zero-order valence-electron chi connectivity index (χ0n) is 9.55. The largest absolute Gasteiger partial charge is 0.481 e. The van der Waals surface area contributed by atoms with E-state index in [1.807, 2.05) is 30.3 Å².